The van der Waals surface area contributed by atoms with Gasteiger partial charge in [-0.25, -0.2) is 4.39 Å². The van der Waals surface area contributed by atoms with E-state index in [2.05, 4.69) is 10.6 Å². The maximum absolute atomic E-state index is 13.4. The standard InChI is InChI=1S/C28H22FN3O3S/c1-17-15-24(31-26(33)20-6-4-7-21(29)16-20)36-25(17)27(34)30-22-11-9-19(10-12-22)28(35)32-14-13-18-5-2-3-8-23(18)32/h2-12,15-16H,13-14H2,1H3,(H,30,34)(H,31,33). The van der Waals surface area contributed by atoms with Gasteiger partial charge in [0.1, 0.15) is 5.82 Å². The number of para-hydroxylation sites is 1. The minimum atomic E-state index is -0.497. The summed E-state index contributed by atoms with van der Waals surface area (Å²) in [5, 5.41) is 6.04. The highest BCUT2D eigenvalue weighted by atomic mass is 32.1. The molecule has 0 aliphatic carbocycles. The van der Waals surface area contributed by atoms with E-state index in [9.17, 15) is 18.8 Å². The molecule has 0 unspecified atom stereocenters. The van der Waals surface area contributed by atoms with E-state index in [0.29, 0.717) is 33.2 Å². The lowest BCUT2D eigenvalue weighted by atomic mass is 10.1. The van der Waals surface area contributed by atoms with Gasteiger partial charge < -0.3 is 15.5 Å². The molecule has 8 heteroatoms. The molecule has 4 aromatic rings. The SMILES string of the molecule is Cc1cc(NC(=O)c2cccc(F)c2)sc1C(=O)Nc1ccc(C(=O)N2CCc3ccccc32)cc1. The second kappa shape index (κ2) is 9.75. The second-order valence-corrected chi connectivity index (χ2v) is 9.51. The van der Waals surface area contributed by atoms with Crippen LogP contribution >= 0.6 is 11.3 Å². The van der Waals surface area contributed by atoms with Crippen LogP contribution in [0.4, 0.5) is 20.8 Å². The Kier molecular flexibility index (Phi) is 6.35. The van der Waals surface area contributed by atoms with Crippen molar-refractivity contribution in [1.29, 1.82) is 0 Å². The molecule has 3 aromatic carbocycles. The van der Waals surface area contributed by atoms with Crippen LogP contribution in [0.1, 0.15) is 41.5 Å². The first-order chi connectivity index (χ1) is 17.4. The zero-order chi connectivity index (χ0) is 25.2. The third-order valence-electron chi connectivity index (χ3n) is 5.97. The third-order valence-corrected chi connectivity index (χ3v) is 7.12. The largest absolute Gasteiger partial charge is 0.321 e. The molecular weight excluding hydrogens is 477 g/mol. The molecule has 36 heavy (non-hydrogen) atoms. The number of nitrogens with zero attached hydrogens (tertiary/aromatic N) is 1. The average Bonchev–Trinajstić information content (AvgIpc) is 3.47. The van der Waals surface area contributed by atoms with Crippen LogP contribution in [-0.4, -0.2) is 24.3 Å². The number of nitrogens with one attached hydrogen (secondary N) is 2. The lowest BCUT2D eigenvalue weighted by molar-refractivity contribution is 0.0987. The van der Waals surface area contributed by atoms with E-state index in [0.717, 1.165) is 35.1 Å². The molecule has 0 bridgehead atoms. The first kappa shape index (κ1) is 23.4. The molecule has 0 fully saturated rings. The Morgan fingerprint density at radius 2 is 1.64 bits per heavy atom. The third kappa shape index (κ3) is 4.76. The predicted molar refractivity (Wildman–Crippen MR) is 140 cm³/mol. The number of halogens is 1. The molecule has 0 saturated heterocycles. The van der Waals surface area contributed by atoms with Gasteiger partial charge in [-0.1, -0.05) is 24.3 Å². The van der Waals surface area contributed by atoms with Crippen molar-refractivity contribution in [2.45, 2.75) is 13.3 Å². The van der Waals surface area contributed by atoms with Crippen molar-refractivity contribution in [3.63, 3.8) is 0 Å². The van der Waals surface area contributed by atoms with Crippen molar-refractivity contribution >= 4 is 45.4 Å². The first-order valence-electron chi connectivity index (χ1n) is 11.4. The lowest BCUT2D eigenvalue weighted by Gasteiger charge is -2.17. The number of anilines is 3. The van der Waals surface area contributed by atoms with E-state index < -0.39 is 11.7 Å². The van der Waals surface area contributed by atoms with Gasteiger partial charge >= 0.3 is 0 Å². The molecule has 0 radical (unpaired) electrons. The van der Waals surface area contributed by atoms with Gasteiger partial charge in [0.2, 0.25) is 0 Å². The van der Waals surface area contributed by atoms with E-state index in [1.165, 1.54) is 18.2 Å². The highest BCUT2D eigenvalue weighted by Crippen LogP contribution is 2.30. The highest BCUT2D eigenvalue weighted by Gasteiger charge is 2.25. The Bertz CT molecular complexity index is 1480. The summed E-state index contributed by atoms with van der Waals surface area (Å²) in [6.07, 6.45) is 0.834. The van der Waals surface area contributed by atoms with Crippen molar-refractivity contribution in [1.82, 2.24) is 0 Å². The summed E-state index contributed by atoms with van der Waals surface area (Å²) in [6, 6.07) is 21.8. The number of hydrogen-bond donors (Lipinski definition) is 2. The van der Waals surface area contributed by atoms with Crippen LogP contribution in [0.25, 0.3) is 0 Å². The average molecular weight is 500 g/mol. The van der Waals surface area contributed by atoms with Crippen molar-refractivity contribution in [3.8, 4) is 0 Å². The zero-order valence-corrected chi connectivity index (χ0v) is 20.2. The van der Waals surface area contributed by atoms with E-state index in [1.54, 1.807) is 42.2 Å². The van der Waals surface area contributed by atoms with Crippen LogP contribution < -0.4 is 15.5 Å². The number of thiophene rings is 1. The number of hydrogen-bond acceptors (Lipinski definition) is 4. The summed E-state index contributed by atoms with van der Waals surface area (Å²) < 4.78 is 13.4. The zero-order valence-electron chi connectivity index (χ0n) is 19.4. The van der Waals surface area contributed by atoms with Crippen molar-refractivity contribution < 1.29 is 18.8 Å². The molecule has 1 aromatic heterocycles. The van der Waals surface area contributed by atoms with Crippen LogP contribution in [0.3, 0.4) is 0 Å². The van der Waals surface area contributed by atoms with Gasteiger partial charge in [-0.15, -0.1) is 11.3 Å². The highest BCUT2D eigenvalue weighted by molar-refractivity contribution is 7.18. The van der Waals surface area contributed by atoms with Gasteiger partial charge in [0.05, 0.1) is 9.88 Å². The van der Waals surface area contributed by atoms with Crippen LogP contribution in [-0.2, 0) is 6.42 Å². The fourth-order valence-corrected chi connectivity index (χ4v) is 5.13. The fraction of sp³-hybridized carbons (Fsp3) is 0.107. The summed E-state index contributed by atoms with van der Waals surface area (Å²) in [6.45, 7) is 2.42. The monoisotopic (exact) mass is 499 g/mol. The van der Waals surface area contributed by atoms with Gasteiger partial charge in [0.15, 0.2) is 0 Å². The number of benzene rings is 3. The first-order valence-corrected chi connectivity index (χ1v) is 12.2. The van der Waals surface area contributed by atoms with Gasteiger partial charge in [0.25, 0.3) is 17.7 Å². The molecule has 1 aliphatic rings. The number of amides is 3. The predicted octanol–water partition coefficient (Wildman–Crippen LogP) is 5.90. The maximum atomic E-state index is 13.4. The summed E-state index contributed by atoms with van der Waals surface area (Å²) in [4.78, 5) is 40.5. The second-order valence-electron chi connectivity index (χ2n) is 8.45. The summed E-state index contributed by atoms with van der Waals surface area (Å²) >= 11 is 1.13. The molecule has 2 heterocycles. The van der Waals surface area contributed by atoms with Crippen molar-refractivity contribution in [2.75, 3.05) is 22.1 Å². The van der Waals surface area contributed by atoms with Crippen molar-refractivity contribution in [3.05, 3.63) is 112 Å². The van der Waals surface area contributed by atoms with Crippen molar-refractivity contribution in [2.24, 2.45) is 0 Å². The number of carbonyl (C=O) groups excluding carboxylic acids is 3. The molecule has 2 N–H and O–H groups in total. The number of carbonyl (C=O) groups is 3. The van der Waals surface area contributed by atoms with Gasteiger partial charge in [0, 0.05) is 29.0 Å². The van der Waals surface area contributed by atoms with Gasteiger partial charge in [-0.05, 0) is 79.1 Å². The Balaban J connectivity index is 1.24. The number of rotatable bonds is 5. The van der Waals surface area contributed by atoms with Crippen LogP contribution in [0.15, 0.2) is 78.9 Å². The Hall–Kier alpha value is -4.30. The summed E-state index contributed by atoms with van der Waals surface area (Å²) in [5.41, 5.74) is 4.09. The normalized spacial score (nSPS) is 12.2. The molecule has 0 saturated carbocycles. The summed E-state index contributed by atoms with van der Waals surface area (Å²) in [5.74, 6) is -1.35. The molecule has 0 spiro atoms. The molecule has 5 rings (SSSR count). The smallest absolute Gasteiger partial charge is 0.266 e. The fourth-order valence-electron chi connectivity index (χ4n) is 4.17. The van der Waals surface area contributed by atoms with E-state index in [4.69, 9.17) is 0 Å². The maximum Gasteiger partial charge on any atom is 0.266 e. The van der Waals surface area contributed by atoms with E-state index in [-0.39, 0.29) is 17.4 Å². The van der Waals surface area contributed by atoms with Gasteiger partial charge in [-0.2, -0.15) is 0 Å². The van der Waals surface area contributed by atoms with Crippen LogP contribution in [0.2, 0.25) is 0 Å². The topological polar surface area (TPSA) is 78.5 Å². The van der Waals surface area contributed by atoms with E-state index >= 15 is 0 Å². The minimum absolute atomic E-state index is 0.0781. The lowest BCUT2D eigenvalue weighted by Crippen LogP contribution is -2.28. The molecular formula is C28H22FN3O3S. The van der Waals surface area contributed by atoms with Crippen LogP contribution in [0, 0.1) is 12.7 Å². The van der Waals surface area contributed by atoms with Crippen LogP contribution in [0.5, 0.6) is 0 Å². The van der Waals surface area contributed by atoms with Gasteiger partial charge in [-0.3, -0.25) is 14.4 Å². The Morgan fingerprint density at radius 1 is 0.861 bits per heavy atom. The Morgan fingerprint density at radius 3 is 2.42 bits per heavy atom. The van der Waals surface area contributed by atoms with E-state index in [1.807, 2.05) is 24.3 Å². The Labute approximate surface area is 211 Å². The number of fused-ring (bicyclic) bond motifs is 1. The molecule has 1 aliphatic heterocycles. The molecule has 0 atom stereocenters. The molecule has 3 amide bonds. The quantitative estimate of drug-likeness (QED) is 0.359. The molecule has 180 valence electrons. The minimum Gasteiger partial charge on any atom is -0.321 e. The number of aryl methyl sites for hydroxylation is 1. The molecule has 6 nitrogen and oxygen atoms in total. The summed E-state index contributed by atoms with van der Waals surface area (Å²) in [7, 11) is 0.